The first-order chi connectivity index (χ1) is 9.47. The van der Waals surface area contributed by atoms with Crippen molar-refractivity contribution in [2.75, 3.05) is 0 Å². The summed E-state index contributed by atoms with van der Waals surface area (Å²) in [5, 5.41) is 18.1. The van der Waals surface area contributed by atoms with Gasteiger partial charge in [0, 0.05) is 30.3 Å². The summed E-state index contributed by atoms with van der Waals surface area (Å²) in [5.41, 5.74) is 2.50. The summed E-state index contributed by atoms with van der Waals surface area (Å²) in [6.07, 6.45) is 0. The van der Waals surface area contributed by atoms with Gasteiger partial charge in [0.25, 0.3) is 5.69 Å². The fourth-order valence-electron chi connectivity index (χ4n) is 1.97. The smallest absolute Gasteiger partial charge is 0.272 e. The molecule has 0 bridgehead atoms. The first kappa shape index (κ1) is 14.2. The lowest BCUT2D eigenvalue weighted by molar-refractivity contribution is -0.385. The number of aryl methyl sites for hydroxylation is 2. The molecule has 0 spiro atoms. The molecule has 0 aliphatic heterocycles. The van der Waals surface area contributed by atoms with Crippen LogP contribution in [0.5, 0.6) is 0 Å². The molecule has 6 nitrogen and oxygen atoms in total. The van der Waals surface area contributed by atoms with Crippen LogP contribution in [0.25, 0.3) is 0 Å². The van der Waals surface area contributed by atoms with Gasteiger partial charge in [0.15, 0.2) is 0 Å². The first-order valence-electron chi connectivity index (χ1n) is 6.38. The van der Waals surface area contributed by atoms with E-state index in [0.29, 0.717) is 12.1 Å². The summed E-state index contributed by atoms with van der Waals surface area (Å²) in [7, 11) is 0. The molecular formula is C14H17N3O3. The largest absolute Gasteiger partial charge is 0.361 e. The Morgan fingerprint density at radius 2 is 2.15 bits per heavy atom. The molecular weight excluding hydrogens is 258 g/mol. The highest BCUT2D eigenvalue weighted by Crippen LogP contribution is 2.23. The topological polar surface area (TPSA) is 81.2 Å². The zero-order valence-electron chi connectivity index (χ0n) is 11.7. The van der Waals surface area contributed by atoms with E-state index in [2.05, 4.69) is 10.5 Å². The summed E-state index contributed by atoms with van der Waals surface area (Å²) in [5.74, 6) is 0.764. The number of nitrogens with one attached hydrogen (secondary N) is 1. The van der Waals surface area contributed by atoms with E-state index in [1.165, 1.54) is 0 Å². The number of benzene rings is 1. The lowest BCUT2D eigenvalue weighted by Crippen LogP contribution is -2.18. The molecule has 0 aliphatic carbocycles. The molecule has 0 amide bonds. The van der Waals surface area contributed by atoms with E-state index in [-0.39, 0.29) is 16.7 Å². The van der Waals surface area contributed by atoms with Crippen molar-refractivity contribution in [2.24, 2.45) is 0 Å². The second-order valence-corrected chi connectivity index (χ2v) is 4.83. The zero-order valence-corrected chi connectivity index (χ0v) is 11.7. The lowest BCUT2D eigenvalue weighted by atomic mass is 10.0. The van der Waals surface area contributed by atoms with Gasteiger partial charge in [-0.2, -0.15) is 0 Å². The third-order valence-corrected chi connectivity index (χ3v) is 3.20. The first-order valence-corrected chi connectivity index (χ1v) is 6.38. The third-order valence-electron chi connectivity index (χ3n) is 3.20. The van der Waals surface area contributed by atoms with Crippen LogP contribution in [0.3, 0.4) is 0 Å². The summed E-state index contributed by atoms with van der Waals surface area (Å²) in [6, 6.07) is 7.13. The standard InChI is InChI=1S/C14H17N3O3/c1-9-4-5-12(7-14(9)17(18)19)11(3)15-8-13-6-10(2)20-16-13/h4-7,11,15H,8H2,1-3H3. The van der Waals surface area contributed by atoms with Gasteiger partial charge in [-0.05, 0) is 26.3 Å². The molecule has 6 heteroatoms. The highest BCUT2D eigenvalue weighted by molar-refractivity contribution is 5.43. The number of hydrogen-bond acceptors (Lipinski definition) is 5. The molecule has 1 aromatic heterocycles. The number of nitro groups is 1. The second-order valence-electron chi connectivity index (χ2n) is 4.83. The van der Waals surface area contributed by atoms with Crippen molar-refractivity contribution < 1.29 is 9.45 Å². The van der Waals surface area contributed by atoms with E-state index < -0.39 is 0 Å². The Kier molecular flexibility index (Phi) is 4.14. The molecule has 0 aliphatic rings. The maximum absolute atomic E-state index is 10.9. The van der Waals surface area contributed by atoms with E-state index in [9.17, 15) is 10.1 Å². The Morgan fingerprint density at radius 3 is 2.75 bits per heavy atom. The molecule has 1 unspecified atom stereocenters. The van der Waals surface area contributed by atoms with E-state index in [0.717, 1.165) is 17.0 Å². The average molecular weight is 275 g/mol. The van der Waals surface area contributed by atoms with Crippen molar-refractivity contribution in [3.63, 3.8) is 0 Å². The van der Waals surface area contributed by atoms with Gasteiger partial charge >= 0.3 is 0 Å². The zero-order chi connectivity index (χ0) is 14.7. The van der Waals surface area contributed by atoms with Crippen LogP contribution in [0, 0.1) is 24.0 Å². The highest BCUT2D eigenvalue weighted by atomic mass is 16.6. The maximum Gasteiger partial charge on any atom is 0.272 e. The quantitative estimate of drug-likeness (QED) is 0.670. The summed E-state index contributed by atoms with van der Waals surface area (Å²) >= 11 is 0. The van der Waals surface area contributed by atoms with Crippen LogP contribution >= 0.6 is 0 Å². The minimum absolute atomic E-state index is 0.00805. The van der Waals surface area contributed by atoms with E-state index in [1.54, 1.807) is 19.1 Å². The molecule has 0 radical (unpaired) electrons. The predicted molar refractivity (Wildman–Crippen MR) is 74.3 cm³/mol. The Balaban J connectivity index is 2.07. The van der Waals surface area contributed by atoms with Crippen molar-refractivity contribution in [2.45, 2.75) is 33.4 Å². The van der Waals surface area contributed by atoms with Gasteiger partial charge in [-0.1, -0.05) is 17.3 Å². The molecule has 0 fully saturated rings. The van der Waals surface area contributed by atoms with Crippen LogP contribution in [0.2, 0.25) is 0 Å². The van der Waals surface area contributed by atoms with Gasteiger partial charge in [0.2, 0.25) is 0 Å². The number of nitro benzene ring substituents is 1. The number of aromatic nitrogens is 1. The lowest BCUT2D eigenvalue weighted by Gasteiger charge is -2.13. The minimum Gasteiger partial charge on any atom is -0.361 e. The predicted octanol–water partition coefficient (Wildman–Crippen LogP) is 3.05. The fourth-order valence-corrected chi connectivity index (χ4v) is 1.97. The summed E-state index contributed by atoms with van der Waals surface area (Å²) in [6.45, 7) is 6.09. The minimum atomic E-state index is -0.355. The Morgan fingerprint density at radius 1 is 1.40 bits per heavy atom. The van der Waals surface area contributed by atoms with E-state index in [4.69, 9.17) is 4.52 Å². The summed E-state index contributed by atoms with van der Waals surface area (Å²) < 4.78 is 4.99. The third kappa shape index (κ3) is 3.21. The van der Waals surface area contributed by atoms with Crippen LogP contribution in [0.1, 0.15) is 35.5 Å². The molecule has 1 aromatic carbocycles. The Labute approximate surface area is 116 Å². The van der Waals surface area contributed by atoms with Crippen LogP contribution in [-0.4, -0.2) is 10.1 Å². The molecule has 106 valence electrons. The molecule has 1 atom stereocenters. The van der Waals surface area contributed by atoms with Gasteiger partial charge < -0.3 is 9.84 Å². The Bertz CT molecular complexity index is 622. The van der Waals surface area contributed by atoms with E-state index in [1.807, 2.05) is 26.0 Å². The highest BCUT2D eigenvalue weighted by Gasteiger charge is 2.14. The number of hydrogen-bond donors (Lipinski definition) is 1. The monoisotopic (exact) mass is 275 g/mol. The maximum atomic E-state index is 10.9. The SMILES string of the molecule is Cc1cc(CNC(C)c2ccc(C)c([N+](=O)[O-])c2)no1. The van der Waals surface area contributed by atoms with Gasteiger partial charge in [0.1, 0.15) is 5.76 Å². The van der Waals surface area contributed by atoms with Gasteiger partial charge in [-0.25, -0.2) is 0 Å². The number of rotatable bonds is 5. The van der Waals surface area contributed by atoms with Crippen LogP contribution in [0.15, 0.2) is 28.8 Å². The van der Waals surface area contributed by atoms with Crippen molar-refractivity contribution >= 4 is 5.69 Å². The van der Waals surface area contributed by atoms with Crippen molar-refractivity contribution in [1.29, 1.82) is 0 Å². The normalized spacial score (nSPS) is 12.3. The average Bonchev–Trinajstić information content (AvgIpc) is 2.82. The Hall–Kier alpha value is -2.21. The van der Waals surface area contributed by atoms with Crippen LogP contribution in [-0.2, 0) is 6.54 Å². The molecule has 20 heavy (non-hydrogen) atoms. The number of nitrogens with zero attached hydrogens (tertiary/aromatic N) is 2. The summed E-state index contributed by atoms with van der Waals surface area (Å²) in [4.78, 5) is 10.6. The molecule has 2 rings (SSSR count). The molecule has 2 aromatic rings. The van der Waals surface area contributed by atoms with Crippen molar-refractivity contribution in [1.82, 2.24) is 10.5 Å². The van der Waals surface area contributed by atoms with Crippen molar-refractivity contribution in [3.05, 3.63) is 57.0 Å². The molecule has 0 saturated heterocycles. The van der Waals surface area contributed by atoms with Crippen molar-refractivity contribution in [3.8, 4) is 0 Å². The second kappa shape index (κ2) is 5.83. The van der Waals surface area contributed by atoms with Crippen LogP contribution in [0.4, 0.5) is 5.69 Å². The van der Waals surface area contributed by atoms with Gasteiger partial charge in [-0.15, -0.1) is 0 Å². The van der Waals surface area contributed by atoms with Crippen LogP contribution < -0.4 is 5.32 Å². The van der Waals surface area contributed by atoms with Gasteiger partial charge in [0.05, 0.1) is 10.6 Å². The van der Waals surface area contributed by atoms with E-state index >= 15 is 0 Å². The molecule has 1 N–H and O–H groups in total. The van der Waals surface area contributed by atoms with Gasteiger partial charge in [-0.3, -0.25) is 10.1 Å². The molecule has 0 saturated carbocycles. The fraction of sp³-hybridized carbons (Fsp3) is 0.357. The molecule has 1 heterocycles.